The van der Waals surface area contributed by atoms with Gasteiger partial charge in [0.15, 0.2) is 11.5 Å². The highest BCUT2D eigenvalue weighted by Gasteiger charge is 2.18. The van der Waals surface area contributed by atoms with Crippen molar-refractivity contribution < 1.29 is 28.1 Å². The fourth-order valence-corrected chi connectivity index (χ4v) is 4.51. The van der Waals surface area contributed by atoms with E-state index in [1.165, 1.54) is 17.7 Å². The molecule has 0 spiro atoms. The lowest BCUT2D eigenvalue weighted by molar-refractivity contribution is 0.167. The smallest absolute Gasteiger partial charge is 0.229 e. The highest BCUT2D eigenvalue weighted by Crippen LogP contribution is 2.31. The van der Waals surface area contributed by atoms with Gasteiger partial charge in [0.25, 0.3) is 0 Å². The van der Waals surface area contributed by atoms with Gasteiger partial charge in [-0.1, -0.05) is 42.0 Å². The molecule has 194 valence electrons. The predicted molar refractivity (Wildman–Crippen MR) is 141 cm³/mol. The van der Waals surface area contributed by atoms with Gasteiger partial charge in [-0.15, -0.1) is 0 Å². The lowest BCUT2D eigenvalue weighted by atomic mass is 9.97. The van der Waals surface area contributed by atoms with Crippen LogP contribution in [-0.2, 0) is 22.9 Å². The number of phenolic OH excluding ortho intramolecular Hbond substituents is 1. The molecule has 4 N–H and O–H groups in total. The molecule has 8 nitrogen and oxygen atoms in total. The van der Waals surface area contributed by atoms with Crippen LogP contribution < -0.4 is 19.5 Å². The Morgan fingerprint density at radius 1 is 0.889 bits per heavy atom. The maximum atomic E-state index is 11.6. The monoisotopic (exact) mass is 514 g/mol. The Labute approximate surface area is 213 Å². The number of ether oxygens (including phenoxy) is 2. The van der Waals surface area contributed by atoms with Crippen LogP contribution in [0, 0.1) is 6.92 Å². The van der Waals surface area contributed by atoms with E-state index < -0.39 is 16.1 Å². The van der Waals surface area contributed by atoms with Crippen molar-refractivity contribution in [3.63, 3.8) is 0 Å². The number of aliphatic hydroxyl groups excluding tert-OH is 1. The number of rotatable bonds is 12. The van der Waals surface area contributed by atoms with E-state index in [4.69, 9.17) is 9.47 Å². The average Bonchev–Trinajstić information content (AvgIpc) is 2.83. The predicted octanol–water partition coefficient (Wildman–Crippen LogP) is 3.57. The quantitative estimate of drug-likeness (QED) is 0.273. The lowest BCUT2D eigenvalue weighted by Gasteiger charge is -2.23. The molecule has 0 fully saturated rings. The van der Waals surface area contributed by atoms with Crippen molar-refractivity contribution in [2.45, 2.75) is 31.9 Å². The Morgan fingerprint density at radius 3 is 2.19 bits per heavy atom. The highest BCUT2D eigenvalue weighted by molar-refractivity contribution is 7.92. The van der Waals surface area contributed by atoms with Crippen LogP contribution in [0.4, 0.5) is 5.69 Å². The Morgan fingerprint density at radius 2 is 1.56 bits per heavy atom. The second-order valence-corrected chi connectivity index (χ2v) is 10.6. The van der Waals surface area contributed by atoms with Gasteiger partial charge in [0, 0.05) is 12.6 Å². The summed E-state index contributed by atoms with van der Waals surface area (Å²) in [6.45, 7) is 2.34. The molecule has 0 heterocycles. The molecule has 0 aliphatic carbocycles. The van der Waals surface area contributed by atoms with Crippen LogP contribution in [0.5, 0.6) is 17.2 Å². The Bertz CT molecular complexity index is 1260. The Hall–Kier alpha value is -3.27. The van der Waals surface area contributed by atoms with Gasteiger partial charge in [-0.25, -0.2) is 8.42 Å². The zero-order valence-electron chi connectivity index (χ0n) is 21.0. The molecule has 0 radical (unpaired) electrons. The molecule has 3 rings (SSSR count). The molecule has 0 bridgehead atoms. The average molecular weight is 515 g/mol. The molecule has 2 atom stereocenters. The van der Waals surface area contributed by atoms with Crippen molar-refractivity contribution in [1.82, 2.24) is 5.32 Å². The van der Waals surface area contributed by atoms with Crippen LogP contribution in [0.15, 0.2) is 60.7 Å². The molecule has 36 heavy (non-hydrogen) atoms. The van der Waals surface area contributed by atoms with E-state index in [9.17, 15) is 18.6 Å². The lowest BCUT2D eigenvalue weighted by Crippen LogP contribution is -2.32. The molecule has 9 heteroatoms. The van der Waals surface area contributed by atoms with Crippen molar-refractivity contribution in [3.05, 3.63) is 82.9 Å². The summed E-state index contributed by atoms with van der Waals surface area (Å²) in [7, 11) is -0.355. The van der Waals surface area contributed by atoms with Gasteiger partial charge in [0.1, 0.15) is 5.75 Å². The van der Waals surface area contributed by atoms with Crippen molar-refractivity contribution in [3.8, 4) is 17.2 Å². The first kappa shape index (κ1) is 27.3. The third-order valence-corrected chi connectivity index (χ3v) is 6.39. The van der Waals surface area contributed by atoms with E-state index in [1.807, 2.05) is 25.1 Å². The molecule has 0 aliphatic rings. The second-order valence-electron chi connectivity index (χ2n) is 8.85. The zero-order chi connectivity index (χ0) is 26.3. The molecule has 0 saturated carbocycles. The number of aromatic hydroxyl groups is 1. The van der Waals surface area contributed by atoms with Crippen LogP contribution >= 0.6 is 0 Å². The van der Waals surface area contributed by atoms with Crippen LogP contribution in [0.2, 0.25) is 0 Å². The number of nitrogens with one attached hydrogen (secondary N) is 2. The Balaban J connectivity index is 1.76. The fourth-order valence-electron chi connectivity index (χ4n) is 3.95. The minimum Gasteiger partial charge on any atom is -0.506 e. The van der Waals surface area contributed by atoms with Gasteiger partial charge in [-0.2, -0.15) is 0 Å². The van der Waals surface area contributed by atoms with E-state index >= 15 is 0 Å². The molecule has 3 aromatic carbocycles. The van der Waals surface area contributed by atoms with E-state index in [-0.39, 0.29) is 23.9 Å². The van der Waals surface area contributed by atoms with Gasteiger partial charge < -0.3 is 25.0 Å². The number of anilines is 1. The van der Waals surface area contributed by atoms with E-state index in [1.54, 1.807) is 20.3 Å². The summed E-state index contributed by atoms with van der Waals surface area (Å²) < 4.78 is 36.2. The number of aliphatic hydroxyl groups is 1. The topological polar surface area (TPSA) is 117 Å². The maximum absolute atomic E-state index is 11.6. The van der Waals surface area contributed by atoms with Crippen LogP contribution in [0.25, 0.3) is 0 Å². The zero-order valence-corrected chi connectivity index (χ0v) is 21.8. The van der Waals surface area contributed by atoms with Gasteiger partial charge in [-0.3, -0.25) is 4.72 Å². The first-order valence-electron chi connectivity index (χ1n) is 11.6. The number of phenols is 1. The van der Waals surface area contributed by atoms with Crippen LogP contribution in [0.1, 0.15) is 28.3 Å². The normalized spacial score (nSPS) is 13.1. The van der Waals surface area contributed by atoms with Crippen LogP contribution in [0.3, 0.4) is 0 Å². The highest BCUT2D eigenvalue weighted by atomic mass is 32.2. The van der Waals surface area contributed by atoms with Gasteiger partial charge in [0.2, 0.25) is 10.0 Å². The van der Waals surface area contributed by atoms with E-state index in [0.29, 0.717) is 30.0 Å². The van der Waals surface area contributed by atoms with Crippen molar-refractivity contribution in [1.29, 1.82) is 0 Å². The summed E-state index contributed by atoms with van der Waals surface area (Å²) in [6.07, 6.45) is 1.24. The van der Waals surface area contributed by atoms with Crippen molar-refractivity contribution >= 4 is 15.7 Å². The molecular weight excluding hydrogens is 480 g/mol. The van der Waals surface area contributed by atoms with Crippen molar-refractivity contribution in [2.24, 2.45) is 0 Å². The minimum absolute atomic E-state index is 0.0812. The van der Waals surface area contributed by atoms with Gasteiger partial charge in [0.05, 0.1) is 32.3 Å². The SMILES string of the molecule is COc1ccc(C(Cc2ccc(C)cc2)NCC(O)Cc2ccc(O)c(NS(C)(=O)=O)c2)cc1OC. The summed E-state index contributed by atoms with van der Waals surface area (Å²) in [6, 6.07) is 18.6. The summed E-state index contributed by atoms with van der Waals surface area (Å²) >= 11 is 0. The number of benzene rings is 3. The standard InChI is InChI=1S/C27H34N2O6S/c1-18-5-7-19(8-6-18)14-23(21-10-12-26(34-2)27(16-21)35-3)28-17-22(30)13-20-9-11-25(31)24(15-20)29-36(4,32)33/h5-12,15-16,22-23,28-31H,13-14,17H2,1-4H3. The molecule has 0 aromatic heterocycles. The van der Waals surface area contributed by atoms with E-state index in [0.717, 1.165) is 17.4 Å². The number of sulfonamides is 1. The maximum Gasteiger partial charge on any atom is 0.229 e. The number of hydrogen-bond donors (Lipinski definition) is 4. The van der Waals surface area contributed by atoms with Crippen LogP contribution in [-0.4, -0.2) is 51.8 Å². The second kappa shape index (κ2) is 12.1. The molecule has 0 saturated heterocycles. The molecule has 2 unspecified atom stereocenters. The molecule has 0 aliphatic heterocycles. The third kappa shape index (κ3) is 7.87. The number of methoxy groups -OCH3 is 2. The summed E-state index contributed by atoms with van der Waals surface area (Å²) in [4.78, 5) is 0. The Kier molecular flexibility index (Phi) is 9.19. The fraction of sp³-hybridized carbons (Fsp3) is 0.333. The number of aryl methyl sites for hydroxylation is 1. The largest absolute Gasteiger partial charge is 0.506 e. The molecule has 0 amide bonds. The summed E-state index contributed by atoms with van der Waals surface area (Å²) in [5.41, 5.74) is 4.10. The number of hydrogen-bond acceptors (Lipinski definition) is 7. The first-order chi connectivity index (χ1) is 17.1. The summed E-state index contributed by atoms with van der Waals surface area (Å²) in [5.74, 6) is 1.09. The summed E-state index contributed by atoms with van der Waals surface area (Å²) in [5, 5.41) is 24.2. The van der Waals surface area contributed by atoms with Gasteiger partial charge >= 0.3 is 0 Å². The minimum atomic E-state index is -3.54. The molecular formula is C27H34N2O6S. The van der Waals surface area contributed by atoms with Gasteiger partial charge in [-0.05, 0) is 60.7 Å². The first-order valence-corrected chi connectivity index (χ1v) is 13.5. The van der Waals surface area contributed by atoms with E-state index in [2.05, 4.69) is 34.3 Å². The molecule has 3 aromatic rings. The third-order valence-electron chi connectivity index (χ3n) is 5.80. The van der Waals surface area contributed by atoms with Crippen molar-refractivity contribution in [2.75, 3.05) is 31.7 Å².